The number of nitrogens with zero attached hydrogens (tertiary/aromatic N) is 2. The van der Waals surface area contributed by atoms with E-state index in [0.29, 0.717) is 36.5 Å². The molecule has 4 aromatic rings. The van der Waals surface area contributed by atoms with Crippen molar-refractivity contribution in [2.75, 3.05) is 11.5 Å². The summed E-state index contributed by atoms with van der Waals surface area (Å²) in [4.78, 5) is 4.23. The molecular weight excluding hydrogens is 685 g/mol. The van der Waals surface area contributed by atoms with Crippen LogP contribution in [0, 0.1) is 0 Å². The van der Waals surface area contributed by atoms with E-state index in [4.69, 9.17) is 32.8 Å². The molecule has 0 atom stereocenters. The molecule has 4 rings (SSSR count). The number of hydrogen-bond donors (Lipinski definition) is 0. The molecule has 0 unspecified atom stereocenters. The van der Waals surface area contributed by atoms with Crippen LogP contribution in [-0.4, -0.2) is 31.7 Å². The third-order valence-corrected chi connectivity index (χ3v) is 11.3. The second-order valence-corrected chi connectivity index (χ2v) is 15.4. The van der Waals surface area contributed by atoms with E-state index < -0.39 is 0 Å². The Kier molecular flexibility index (Phi) is 17.7. The molecule has 0 radical (unpaired) electrons. The van der Waals surface area contributed by atoms with Crippen LogP contribution in [0.3, 0.4) is 0 Å². The molecule has 0 aliphatic heterocycles. The van der Waals surface area contributed by atoms with Crippen molar-refractivity contribution in [3.05, 3.63) is 144 Å². The van der Waals surface area contributed by atoms with Gasteiger partial charge in [-0.25, -0.2) is 0 Å². The van der Waals surface area contributed by atoms with E-state index in [2.05, 4.69) is 107 Å². The van der Waals surface area contributed by atoms with E-state index in [9.17, 15) is 0 Å². The van der Waals surface area contributed by atoms with Gasteiger partial charge in [-0.2, -0.15) is 0 Å². The number of thiocarbonyl (C=S) groups is 2. The van der Waals surface area contributed by atoms with Crippen molar-refractivity contribution < 1.29 is 8.37 Å². The number of unbranched alkanes of at least 4 members (excludes halogenated alkanes) is 3. The minimum atomic E-state index is 0.518. The average Bonchev–Trinajstić information content (AvgIpc) is 3.10. The van der Waals surface area contributed by atoms with Crippen molar-refractivity contribution in [2.45, 2.75) is 51.9 Å². The Balaban J connectivity index is 1.05. The molecular formula is C36H40N2O2S6. The average molecular weight is 725 g/mol. The summed E-state index contributed by atoms with van der Waals surface area (Å²) in [6.45, 7) is 2.86. The van der Waals surface area contributed by atoms with E-state index in [1.807, 2.05) is 24.3 Å². The summed E-state index contributed by atoms with van der Waals surface area (Å²) in [5.74, 6) is 2.06. The molecule has 242 valence electrons. The fourth-order valence-corrected chi connectivity index (χ4v) is 8.26. The third-order valence-electron chi connectivity index (χ3n) is 6.89. The van der Waals surface area contributed by atoms with Crippen LogP contribution in [0.2, 0.25) is 0 Å². The molecule has 0 fully saturated rings. The number of rotatable bonds is 19. The van der Waals surface area contributed by atoms with Crippen molar-refractivity contribution in [3.63, 3.8) is 0 Å². The minimum absolute atomic E-state index is 0.518. The smallest absolute Gasteiger partial charge is 0.274 e. The maximum atomic E-state index is 5.93. The van der Waals surface area contributed by atoms with Gasteiger partial charge in [0.05, 0.1) is 0 Å². The molecule has 4 nitrogen and oxygen atoms in total. The predicted octanol–water partition coefficient (Wildman–Crippen LogP) is 11.1. The van der Waals surface area contributed by atoms with Crippen molar-refractivity contribution in [3.8, 4) is 0 Å². The SMILES string of the molecule is S=C(OSSCCCCCCSSOC(=S)N(Cc1ccccc1)Cc1ccccc1)N(Cc1ccccc1)Cc1ccccc1. The zero-order valence-electron chi connectivity index (χ0n) is 25.8. The first-order chi connectivity index (χ1) is 22.7. The summed E-state index contributed by atoms with van der Waals surface area (Å²) in [5.41, 5.74) is 4.84. The second kappa shape index (κ2) is 22.3. The van der Waals surface area contributed by atoms with Gasteiger partial charge in [0.2, 0.25) is 0 Å². The molecule has 0 aliphatic carbocycles. The molecule has 0 bridgehead atoms. The Morgan fingerprint density at radius 2 is 0.717 bits per heavy atom. The molecule has 0 heterocycles. The summed E-state index contributed by atoms with van der Waals surface area (Å²) < 4.78 is 11.9. The van der Waals surface area contributed by atoms with Crippen LogP contribution in [-0.2, 0) is 34.5 Å². The first kappa shape index (κ1) is 36.5. The van der Waals surface area contributed by atoms with Crippen LogP contribution in [0.5, 0.6) is 0 Å². The van der Waals surface area contributed by atoms with Crippen LogP contribution in [0.25, 0.3) is 0 Å². The van der Waals surface area contributed by atoms with Gasteiger partial charge in [0, 0.05) is 37.7 Å². The second-order valence-electron chi connectivity index (χ2n) is 10.5. The topological polar surface area (TPSA) is 24.9 Å². The van der Waals surface area contributed by atoms with E-state index in [1.54, 1.807) is 21.6 Å². The lowest BCUT2D eigenvalue weighted by molar-refractivity contribution is 0.356. The Bertz CT molecular complexity index is 1210. The Labute approximate surface area is 301 Å². The van der Waals surface area contributed by atoms with Crippen LogP contribution in [0.15, 0.2) is 121 Å². The summed E-state index contributed by atoms with van der Waals surface area (Å²) >= 11 is 14.1. The summed E-state index contributed by atoms with van der Waals surface area (Å²) in [6, 6.07) is 41.5. The van der Waals surface area contributed by atoms with E-state index in [1.165, 1.54) is 57.2 Å². The molecule has 0 N–H and O–H groups in total. The molecule has 46 heavy (non-hydrogen) atoms. The highest BCUT2D eigenvalue weighted by molar-refractivity contribution is 8.75. The van der Waals surface area contributed by atoms with Crippen LogP contribution in [0.1, 0.15) is 47.9 Å². The predicted molar refractivity (Wildman–Crippen MR) is 210 cm³/mol. The summed E-state index contributed by atoms with van der Waals surface area (Å²) in [5, 5.41) is 1.04. The highest BCUT2D eigenvalue weighted by atomic mass is 33.1. The zero-order valence-corrected chi connectivity index (χ0v) is 30.7. The Hall–Kier alpha value is -2.34. The van der Waals surface area contributed by atoms with Crippen LogP contribution < -0.4 is 0 Å². The van der Waals surface area contributed by atoms with Gasteiger partial charge in [-0.1, -0.05) is 156 Å². The monoisotopic (exact) mass is 724 g/mol. The van der Waals surface area contributed by atoms with E-state index in [-0.39, 0.29) is 0 Å². The summed E-state index contributed by atoms with van der Waals surface area (Å²) in [6.07, 6.45) is 4.69. The molecule has 0 saturated carbocycles. The van der Waals surface area contributed by atoms with Gasteiger partial charge < -0.3 is 18.2 Å². The van der Waals surface area contributed by atoms with Gasteiger partial charge in [0.15, 0.2) is 0 Å². The Morgan fingerprint density at radius 1 is 0.435 bits per heavy atom. The largest absolute Gasteiger partial charge is 0.386 e. The van der Waals surface area contributed by atoms with E-state index in [0.717, 1.165) is 24.3 Å². The molecule has 4 aromatic carbocycles. The first-order valence-corrected chi connectivity index (χ1v) is 20.6. The van der Waals surface area contributed by atoms with Crippen molar-refractivity contribution in [1.29, 1.82) is 0 Å². The van der Waals surface area contributed by atoms with Gasteiger partial charge >= 0.3 is 0 Å². The van der Waals surface area contributed by atoms with Gasteiger partial charge in [-0.05, 0) is 59.5 Å². The van der Waals surface area contributed by atoms with Crippen molar-refractivity contribution >= 4 is 78.5 Å². The fraction of sp³-hybridized carbons (Fsp3) is 0.278. The van der Waals surface area contributed by atoms with Crippen LogP contribution in [0.4, 0.5) is 0 Å². The third kappa shape index (κ3) is 14.6. The fourth-order valence-electron chi connectivity index (χ4n) is 4.54. The van der Waals surface area contributed by atoms with Crippen molar-refractivity contribution in [2.24, 2.45) is 0 Å². The lowest BCUT2D eigenvalue weighted by Crippen LogP contribution is -2.29. The van der Waals surface area contributed by atoms with Gasteiger partial charge in [-0.15, -0.1) is 0 Å². The van der Waals surface area contributed by atoms with E-state index >= 15 is 0 Å². The highest BCUT2D eigenvalue weighted by Gasteiger charge is 2.15. The van der Waals surface area contributed by atoms with Gasteiger partial charge in [0.25, 0.3) is 10.3 Å². The number of benzene rings is 4. The molecule has 0 amide bonds. The summed E-state index contributed by atoms with van der Waals surface area (Å²) in [7, 11) is 3.44. The molecule has 0 spiro atoms. The van der Waals surface area contributed by atoms with Gasteiger partial charge in [-0.3, -0.25) is 0 Å². The highest BCUT2D eigenvalue weighted by Crippen LogP contribution is 2.28. The van der Waals surface area contributed by atoms with Crippen LogP contribution >= 0.6 is 68.2 Å². The Morgan fingerprint density at radius 3 is 1.00 bits per heavy atom. The standard InChI is InChI=1S/C36H40N2O2S6/c41-35(37(27-31-17-7-3-8-18-31)28-32-19-9-4-10-20-32)39-45-43-25-15-1-2-16-26-44-46-40-36(42)38(29-33-21-11-5-12-22-33)30-34-23-13-6-14-24-34/h3-14,17-24H,1-2,15-16,25-30H2. The lowest BCUT2D eigenvalue weighted by Gasteiger charge is -2.24. The quantitative estimate of drug-likeness (QED) is 0.0402. The molecule has 0 aromatic heterocycles. The maximum Gasteiger partial charge on any atom is 0.274 e. The maximum absolute atomic E-state index is 5.93. The molecule has 0 saturated heterocycles. The zero-order chi connectivity index (χ0) is 32.1. The molecule has 0 aliphatic rings. The first-order valence-electron chi connectivity index (χ1n) is 15.3. The lowest BCUT2D eigenvalue weighted by atomic mass is 10.2. The minimum Gasteiger partial charge on any atom is -0.386 e. The van der Waals surface area contributed by atoms with Gasteiger partial charge in [0.1, 0.15) is 22.1 Å². The normalized spacial score (nSPS) is 10.7. The van der Waals surface area contributed by atoms with Crippen molar-refractivity contribution in [1.82, 2.24) is 9.80 Å². The molecule has 10 heteroatoms. The number of hydrogen-bond acceptors (Lipinski definition) is 8.